The van der Waals surface area contributed by atoms with Gasteiger partial charge in [-0.25, -0.2) is 0 Å². The molecule has 1 N–H and O–H groups in total. The Hall–Kier alpha value is -2.43. The summed E-state index contributed by atoms with van der Waals surface area (Å²) in [6, 6.07) is 21.0. The molecule has 0 saturated heterocycles. The minimum absolute atomic E-state index is 0.0299. The van der Waals surface area contributed by atoms with Crippen molar-refractivity contribution in [2.75, 3.05) is 13.6 Å². The van der Waals surface area contributed by atoms with Gasteiger partial charge in [0.15, 0.2) is 0 Å². The number of likely N-dealkylation sites (N-methyl/N-ethyl adjacent to an activating group) is 1. The Balaban J connectivity index is 1.65. The molecule has 1 aromatic heterocycles. The fourth-order valence-corrected chi connectivity index (χ4v) is 3.80. The second kappa shape index (κ2) is 8.98. The summed E-state index contributed by atoms with van der Waals surface area (Å²) in [6.07, 6.45) is 0. The van der Waals surface area contributed by atoms with Gasteiger partial charge in [0.25, 0.3) is 0 Å². The van der Waals surface area contributed by atoms with Crippen LogP contribution in [0.3, 0.4) is 0 Å². The highest BCUT2D eigenvalue weighted by atomic mass is 32.1. The maximum absolute atomic E-state index is 12.6. The molecule has 27 heavy (non-hydrogen) atoms. The number of benzene rings is 2. The highest BCUT2D eigenvalue weighted by molar-refractivity contribution is 7.10. The fourth-order valence-electron chi connectivity index (χ4n) is 2.98. The van der Waals surface area contributed by atoms with Crippen molar-refractivity contribution in [1.82, 2.24) is 10.2 Å². The summed E-state index contributed by atoms with van der Waals surface area (Å²) in [6.45, 7) is 5.08. The lowest BCUT2D eigenvalue weighted by Gasteiger charge is -2.22. The van der Waals surface area contributed by atoms with Crippen molar-refractivity contribution < 1.29 is 4.79 Å². The lowest BCUT2D eigenvalue weighted by molar-refractivity contribution is -0.129. The molecular formula is C23H26N2OS. The summed E-state index contributed by atoms with van der Waals surface area (Å²) in [5.41, 5.74) is 4.78. The van der Waals surface area contributed by atoms with Gasteiger partial charge in [0.1, 0.15) is 0 Å². The molecule has 0 aliphatic heterocycles. The second-order valence-corrected chi connectivity index (χ2v) is 7.95. The molecular weight excluding hydrogens is 352 g/mol. The highest BCUT2D eigenvalue weighted by Crippen LogP contribution is 2.26. The van der Waals surface area contributed by atoms with Crippen LogP contribution in [-0.4, -0.2) is 24.4 Å². The smallest absolute Gasteiger partial charge is 0.236 e. The van der Waals surface area contributed by atoms with E-state index in [0.29, 0.717) is 13.1 Å². The zero-order chi connectivity index (χ0) is 19.2. The SMILES string of the molecule is Cc1ccc(CN(C)C(=O)CN[C@@H](c2ccc(C)cc2)c2cccs2)cc1. The molecule has 3 aromatic rings. The van der Waals surface area contributed by atoms with Gasteiger partial charge in [-0.1, -0.05) is 65.7 Å². The van der Waals surface area contributed by atoms with E-state index in [1.54, 1.807) is 16.2 Å². The Labute approximate surface area is 165 Å². The Kier molecular flexibility index (Phi) is 6.43. The number of nitrogens with zero attached hydrogens (tertiary/aromatic N) is 1. The number of rotatable bonds is 7. The molecule has 0 aliphatic carbocycles. The molecule has 3 nitrogen and oxygen atoms in total. The summed E-state index contributed by atoms with van der Waals surface area (Å²) in [5.74, 6) is 0.0873. The summed E-state index contributed by atoms with van der Waals surface area (Å²) >= 11 is 1.71. The first-order valence-electron chi connectivity index (χ1n) is 9.16. The zero-order valence-corrected chi connectivity index (χ0v) is 16.9. The number of carbonyl (C=O) groups is 1. The minimum atomic E-state index is 0.0299. The van der Waals surface area contributed by atoms with Crippen LogP contribution in [0.25, 0.3) is 0 Å². The van der Waals surface area contributed by atoms with Crippen LogP contribution in [0.5, 0.6) is 0 Å². The van der Waals surface area contributed by atoms with Crippen LogP contribution in [0.4, 0.5) is 0 Å². The Morgan fingerprint density at radius 1 is 1.00 bits per heavy atom. The molecule has 1 atom stereocenters. The molecule has 0 spiro atoms. The quantitative estimate of drug-likeness (QED) is 0.646. The van der Waals surface area contributed by atoms with Crippen molar-refractivity contribution in [3.05, 3.63) is 93.2 Å². The summed E-state index contributed by atoms with van der Waals surface area (Å²) in [7, 11) is 1.86. The lowest BCUT2D eigenvalue weighted by atomic mass is 10.0. The highest BCUT2D eigenvalue weighted by Gasteiger charge is 2.17. The predicted octanol–water partition coefficient (Wildman–Crippen LogP) is 4.70. The zero-order valence-electron chi connectivity index (χ0n) is 16.1. The van der Waals surface area contributed by atoms with Crippen LogP contribution in [0.15, 0.2) is 66.0 Å². The van der Waals surface area contributed by atoms with Crippen molar-refractivity contribution in [1.29, 1.82) is 0 Å². The molecule has 0 fully saturated rings. The van der Waals surface area contributed by atoms with Crippen LogP contribution < -0.4 is 5.32 Å². The Morgan fingerprint density at radius 2 is 1.63 bits per heavy atom. The van der Waals surface area contributed by atoms with Gasteiger partial charge < -0.3 is 4.90 Å². The van der Waals surface area contributed by atoms with Gasteiger partial charge in [-0.3, -0.25) is 10.1 Å². The summed E-state index contributed by atoms with van der Waals surface area (Å²) < 4.78 is 0. The van der Waals surface area contributed by atoms with E-state index in [-0.39, 0.29) is 11.9 Å². The van der Waals surface area contributed by atoms with Crippen LogP contribution in [0.2, 0.25) is 0 Å². The average molecular weight is 379 g/mol. The largest absolute Gasteiger partial charge is 0.340 e. The molecule has 4 heteroatoms. The van der Waals surface area contributed by atoms with E-state index in [1.807, 2.05) is 13.1 Å². The third kappa shape index (κ3) is 5.28. The van der Waals surface area contributed by atoms with E-state index < -0.39 is 0 Å². The van der Waals surface area contributed by atoms with E-state index >= 15 is 0 Å². The third-order valence-corrected chi connectivity index (χ3v) is 5.60. The van der Waals surface area contributed by atoms with Gasteiger partial charge >= 0.3 is 0 Å². The molecule has 0 aliphatic rings. The van der Waals surface area contributed by atoms with E-state index in [2.05, 4.69) is 79.1 Å². The second-order valence-electron chi connectivity index (χ2n) is 6.98. The normalized spacial score (nSPS) is 12.0. The summed E-state index contributed by atoms with van der Waals surface area (Å²) in [5, 5.41) is 5.53. The van der Waals surface area contributed by atoms with E-state index in [0.717, 1.165) is 5.56 Å². The maximum atomic E-state index is 12.6. The first-order valence-corrected chi connectivity index (χ1v) is 10.0. The van der Waals surface area contributed by atoms with E-state index in [1.165, 1.54) is 21.6 Å². The van der Waals surface area contributed by atoms with E-state index in [9.17, 15) is 4.79 Å². The minimum Gasteiger partial charge on any atom is -0.340 e. The van der Waals surface area contributed by atoms with Crippen molar-refractivity contribution >= 4 is 17.2 Å². The number of aryl methyl sites for hydroxylation is 2. The van der Waals surface area contributed by atoms with Gasteiger partial charge in [0, 0.05) is 18.5 Å². The monoisotopic (exact) mass is 378 g/mol. The van der Waals surface area contributed by atoms with Gasteiger partial charge in [-0.2, -0.15) is 0 Å². The third-order valence-electron chi connectivity index (χ3n) is 4.66. The number of amides is 1. The molecule has 2 aromatic carbocycles. The van der Waals surface area contributed by atoms with Crippen LogP contribution in [0, 0.1) is 13.8 Å². The Bertz CT molecular complexity index is 854. The molecule has 0 radical (unpaired) electrons. The average Bonchev–Trinajstić information content (AvgIpc) is 3.19. The van der Waals surface area contributed by atoms with Crippen LogP contribution in [0.1, 0.15) is 33.2 Å². The standard InChI is InChI=1S/C23H26N2OS/c1-17-6-10-19(11-7-17)16-25(3)22(26)15-24-23(21-5-4-14-27-21)20-12-8-18(2)9-13-20/h4-14,23-24H,15-16H2,1-3H3/t23-/m0/s1. The molecule has 140 valence electrons. The van der Waals surface area contributed by atoms with Gasteiger partial charge in [-0.05, 0) is 36.4 Å². The van der Waals surface area contributed by atoms with Gasteiger partial charge in [0.2, 0.25) is 5.91 Å². The van der Waals surface area contributed by atoms with Crippen molar-refractivity contribution in [2.45, 2.75) is 26.4 Å². The summed E-state index contributed by atoms with van der Waals surface area (Å²) in [4.78, 5) is 15.6. The van der Waals surface area contributed by atoms with Crippen LogP contribution >= 0.6 is 11.3 Å². The molecule has 1 amide bonds. The number of carbonyl (C=O) groups excluding carboxylic acids is 1. The fraction of sp³-hybridized carbons (Fsp3) is 0.261. The lowest BCUT2D eigenvalue weighted by Crippen LogP contribution is -2.37. The van der Waals surface area contributed by atoms with E-state index in [4.69, 9.17) is 0 Å². The number of thiophene rings is 1. The van der Waals surface area contributed by atoms with Crippen LogP contribution in [-0.2, 0) is 11.3 Å². The predicted molar refractivity (Wildman–Crippen MR) is 113 cm³/mol. The van der Waals surface area contributed by atoms with Crippen molar-refractivity contribution in [3.63, 3.8) is 0 Å². The Morgan fingerprint density at radius 3 is 2.22 bits per heavy atom. The number of hydrogen-bond donors (Lipinski definition) is 1. The first-order chi connectivity index (χ1) is 13.0. The van der Waals surface area contributed by atoms with Gasteiger partial charge in [-0.15, -0.1) is 11.3 Å². The first kappa shape index (κ1) is 19.3. The van der Waals surface area contributed by atoms with Crippen molar-refractivity contribution in [3.8, 4) is 0 Å². The number of hydrogen-bond acceptors (Lipinski definition) is 3. The van der Waals surface area contributed by atoms with Crippen molar-refractivity contribution in [2.24, 2.45) is 0 Å². The maximum Gasteiger partial charge on any atom is 0.236 e. The molecule has 3 rings (SSSR count). The van der Waals surface area contributed by atoms with Gasteiger partial charge in [0.05, 0.1) is 12.6 Å². The topological polar surface area (TPSA) is 32.3 Å². The molecule has 0 bridgehead atoms. The molecule has 0 unspecified atom stereocenters. The molecule has 0 saturated carbocycles. The molecule has 1 heterocycles. The number of nitrogens with one attached hydrogen (secondary N) is 1.